The van der Waals surface area contributed by atoms with Crippen molar-refractivity contribution in [1.29, 1.82) is 0 Å². The second kappa shape index (κ2) is 3.85. The minimum absolute atomic E-state index is 0.622. The quantitative estimate of drug-likeness (QED) is 0.757. The molecule has 0 bridgehead atoms. The highest BCUT2D eigenvalue weighted by molar-refractivity contribution is 6.34. The van der Waals surface area contributed by atoms with E-state index in [9.17, 15) is 0 Å². The molecule has 0 unspecified atom stereocenters. The summed E-state index contributed by atoms with van der Waals surface area (Å²) in [6.45, 7) is 2.87. The number of H-pyrrole nitrogens is 1. The molecular weight excluding hydrogens is 238 g/mol. The predicted octanol–water partition coefficient (Wildman–Crippen LogP) is 2.49. The van der Waals surface area contributed by atoms with Crippen LogP contribution in [-0.2, 0) is 6.54 Å². The fraction of sp³-hybridized carbons (Fsp3) is 0.182. The number of rotatable bonds is 2. The molecule has 0 aromatic carbocycles. The molecule has 0 atom stereocenters. The van der Waals surface area contributed by atoms with Gasteiger partial charge in [-0.1, -0.05) is 11.6 Å². The Labute approximate surface area is 102 Å². The fourth-order valence-corrected chi connectivity index (χ4v) is 1.86. The first-order valence-corrected chi connectivity index (χ1v) is 5.69. The number of nitrogens with one attached hydrogen (secondary N) is 1. The van der Waals surface area contributed by atoms with Gasteiger partial charge >= 0.3 is 0 Å². The van der Waals surface area contributed by atoms with Crippen molar-refractivity contribution in [2.24, 2.45) is 0 Å². The van der Waals surface area contributed by atoms with E-state index in [-0.39, 0.29) is 0 Å². The van der Waals surface area contributed by atoms with Gasteiger partial charge in [0.15, 0.2) is 5.65 Å². The number of halogens is 1. The second-order valence-corrected chi connectivity index (χ2v) is 4.07. The first kappa shape index (κ1) is 10.3. The van der Waals surface area contributed by atoms with E-state index < -0.39 is 0 Å². The van der Waals surface area contributed by atoms with E-state index in [2.05, 4.69) is 20.1 Å². The number of hydrogen-bond donors (Lipinski definition) is 1. The minimum atomic E-state index is 0.622. The number of aromatic amines is 1. The average molecular weight is 248 g/mol. The van der Waals surface area contributed by atoms with Gasteiger partial charge in [0.2, 0.25) is 0 Å². The Kier molecular flexibility index (Phi) is 2.33. The maximum atomic E-state index is 6.06. The van der Waals surface area contributed by atoms with Crippen LogP contribution in [0, 0.1) is 0 Å². The van der Waals surface area contributed by atoms with Crippen molar-refractivity contribution < 1.29 is 0 Å². The number of pyridine rings is 1. The van der Waals surface area contributed by atoms with Crippen molar-refractivity contribution in [2.45, 2.75) is 13.5 Å². The van der Waals surface area contributed by atoms with Crippen LogP contribution in [0.5, 0.6) is 0 Å². The lowest BCUT2D eigenvalue weighted by Gasteiger charge is -1.90. The third-order valence-corrected chi connectivity index (χ3v) is 2.89. The summed E-state index contributed by atoms with van der Waals surface area (Å²) in [7, 11) is 0. The lowest BCUT2D eigenvalue weighted by atomic mass is 10.3. The Morgan fingerprint density at radius 2 is 2.35 bits per heavy atom. The highest BCUT2D eigenvalue weighted by atomic mass is 35.5. The van der Waals surface area contributed by atoms with Gasteiger partial charge in [0, 0.05) is 18.9 Å². The molecule has 3 rings (SSSR count). The molecule has 3 heterocycles. The summed E-state index contributed by atoms with van der Waals surface area (Å²) in [5, 5.41) is 4.83. The van der Waals surface area contributed by atoms with Crippen LogP contribution in [0.1, 0.15) is 6.92 Å². The van der Waals surface area contributed by atoms with Crippen molar-refractivity contribution in [1.82, 2.24) is 24.7 Å². The molecule has 1 N–H and O–H groups in total. The molecule has 0 radical (unpaired) electrons. The van der Waals surface area contributed by atoms with Crippen molar-refractivity contribution >= 4 is 22.8 Å². The van der Waals surface area contributed by atoms with Crippen LogP contribution in [0.25, 0.3) is 22.6 Å². The number of fused-ring (bicyclic) bond motifs is 1. The first-order valence-electron chi connectivity index (χ1n) is 5.31. The lowest BCUT2D eigenvalue weighted by molar-refractivity contribution is 0.660. The van der Waals surface area contributed by atoms with E-state index in [0.29, 0.717) is 10.7 Å². The van der Waals surface area contributed by atoms with E-state index >= 15 is 0 Å². The Bertz CT molecular complexity index is 669. The Morgan fingerprint density at radius 1 is 1.47 bits per heavy atom. The zero-order valence-corrected chi connectivity index (χ0v) is 9.94. The molecule has 0 saturated heterocycles. The molecule has 3 aromatic heterocycles. The lowest BCUT2D eigenvalue weighted by Crippen LogP contribution is -1.92. The van der Waals surface area contributed by atoms with Gasteiger partial charge in [-0.3, -0.25) is 4.68 Å². The third-order valence-electron chi connectivity index (χ3n) is 2.57. The SMILES string of the molecule is CCn1cc(-c2nc3nccc(Cl)c3[nH]2)cn1. The van der Waals surface area contributed by atoms with Crippen molar-refractivity contribution in [2.75, 3.05) is 0 Å². The van der Waals surface area contributed by atoms with Crippen LogP contribution >= 0.6 is 11.6 Å². The first-order chi connectivity index (χ1) is 8.28. The molecule has 6 heteroatoms. The van der Waals surface area contributed by atoms with Crippen molar-refractivity contribution in [3.8, 4) is 11.4 Å². The second-order valence-electron chi connectivity index (χ2n) is 3.66. The van der Waals surface area contributed by atoms with Crippen LogP contribution in [0.15, 0.2) is 24.7 Å². The molecule has 0 fully saturated rings. The molecule has 5 nitrogen and oxygen atoms in total. The standard InChI is InChI=1S/C11H10ClN5/c1-2-17-6-7(5-14-17)10-15-9-8(12)3-4-13-11(9)16-10/h3-6H,2H2,1H3,(H,13,15,16). The molecule has 3 aromatic rings. The van der Waals surface area contributed by atoms with Gasteiger partial charge in [0.25, 0.3) is 0 Å². The van der Waals surface area contributed by atoms with Crippen LogP contribution < -0.4 is 0 Å². The molecule has 0 saturated carbocycles. The van der Waals surface area contributed by atoms with Crippen molar-refractivity contribution in [3.63, 3.8) is 0 Å². The number of nitrogens with zero attached hydrogens (tertiary/aromatic N) is 4. The zero-order valence-electron chi connectivity index (χ0n) is 9.18. The van der Waals surface area contributed by atoms with E-state index in [1.165, 1.54) is 0 Å². The predicted molar refractivity (Wildman–Crippen MR) is 65.8 cm³/mol. The molecule has 0 spiro atoms. The molecule has 0 aliphatic heterocycles. The number of aromatic nitrogens is 5. The highest BCUT2D eigenvalue weighted by Crippen LogP contribution is 2.23. The van der Waals surface area contributed by atoms with E-state index in [4.69, 9.17) is 11.6 Å². The van der Waals surface area contributed by atoms with Crippen LogP contribution in [0.4, 0.5) is 0 Å². The van der Waals surface area contributed by atoms with Crippen LogP contribution in [0.2, 0.25) is 5.02 Å². The molecular formula is C11H10ClN5. The van der Waals surface area contributed by atoms with Gasteiger partial charge in [-0.05, 0) is 13.0 Å². The van der Waals surface area contributed by atoms with Crippen molar-refractivity contribution in [3.05, 3.63) is 29.7 Å². The summed E-state index contributed by atoms with van der Waals surface area (Å²) >= 11 is 6.06. The monoisotopic (exact) mass is 247 g/mol. The largest absolute Gasteiger partial charge is 0.335 e. The molecule has 0 aliphatic carbocycles. The smallest absolute Gasteiger partial charge is 0.179 e. The maximum Gasteiger partial charge on any atom is 0.179 e. The molecule has 17 heavy (non-hydrogen) atoms. The third kappa shape index (κ3) is 1.68. The summed E-state index contributed by atoms with van der Waals surface area (Å²) in [6, 6.07) is 1.74. The molecule has 0 amide bonds. The summed E-state index contributed by atoms with van der Waals surface area (Å²) in [6.07, 6.45) is 5.35. The fourth-order valence-electron chi connectivity index (χ4n) is 1.68. The summed E-state index contributed by atoms with van der Waals surface area (Å²) in [4.78, 5) is 11.7. The summed E-state index contributed by atoms with van der Waals surface area (Å²) in [5.41, 5.74) is 2.31. The van der Waals surface area contributed by atoms with Gasteiger partial charge in [-0.2, -0.15) is 5.10 Å². The molecule has 0 aliphatic rings. The Hall–Kier alpha value is -1.88. The van der Waals surface area contributed by atoms with E-state index in [1.54, 1.807) is 18.5 Å². The van der Waals surface area contributed by atoms with Crippen LogP contribution in [0.3, 0.4) is 0 Å². The van der Waals surface area contributed by atoms with Gasteiger partial charge in [0.1, 0.15) is 11.3 Å². The number of aryl methyl sites for hydroxylation is 1. The minimum Gasteiger partial charge on any atom is -0.335 e. The van der Waals surface area contributed by atoms with E-state index in [0.717, 1.165) is 23.4 Å². The highest BCUT2D eigenvalue weighted by Gasteiger charge is 2.09. The average Bonchev–Trinajstić information content (AvgIpc) is 2.95. The summed E-state index contributed by atoms with van der Waals surface area (Å²) in [5.74, 6) is 0.736. The summed E-state index contributed by atoms with van der Waals surface area (Å²) < 4.78 is 1.84. The van der Waals surface area contributed by atoms with Gasteiger partial charge < -0.3 is 4.98 Å². The van der Waals surface area contributed by atoms with E-state index in [1.807, 2.05) is 17.8 Å². The number of hydrogen-bond acceptors (Lipinski definition) is 3. The van der Waals surface area contributed by atoms with Gasteiger partial charge in [-0.25, -0.2) is 9.97 Å². The molecule has 86 valence electrons. The van der Waals surface area contributed by atoms with Gasteiger partial charge in [0.05, 0.1) is 16.8 Å². The van der Waals surface area contributed by atoms with Gasteiger partial charge in [-0.15, -0.1) is 0 Å². The Balaban J connectivity index is 2.14. The zero-order chi connectivity index (χ0) is 11.8. The number of imidazole rings is 1. The Morgan fingerprint density at radius 3 is 3.06 bits per heavy atom. The maximum absolute atomic E-state index is 6.06. The topological polar surface area (TPSA) is 59.4 Å². The normalized spacial score (nSPS) is 11.2. The van der Waals surface area contributed by atoms with Crippen LogP contribution in [-0.4, -0.2) is 24.7 Å².